The summed E-state index contributed by atoms with van der Waals surface area (Å²) in [6.45, 7) is 0. The van der Waals surface area contributed by atoms with Crippen molar-refractivity contribution < 1.29 is 4.74 Å². The highest BCUT2D eigenvalue weighted by atomic mass is 32.9. The van der Waals surface area contributed by atoms with Crippen LogP contribution >= 0.6 is 29.3 Å². The van der Waals surface area contributed by atoms with E-state index in [9.17, 15) is 0 Å². The zero-order valence-electron chi connectivity index (χ0n) is 10.7. The van der Waals surface area contributed by atoms with Crippen LogP contribution in [0.5, 0.6) is 5.75 Å². The molecule has 0 saturated heterocycles. The quantitative estimate of drug-likeness (QED) is 0.522. The molecule has 0 saturated carbocycles. The first kappa shape index (κ1) is 15.0. The average molecular weight is 326 g/mol. The van der Waals surface area contributed by atoms with Crippen LogP contribution in [0.3, 0.4) is 0 Å². The molecule has 0 heterocycles. The van der Waals surface area contributed by atoms with Crippen LogP contribution in [-0.4, -0.2) is 13.4 Å². The Hall–Kier alpha value is -0.410. The number of methoxy groups -OCH3 is 1. The van der Waals surface area contributed by atoms with Gasteiger partial charge in [-0.1, -0.05) is 30.0 Å². The van der Waals surface area contributed by atoms with Crippen molar-refractivity contribution >= 4 is 51.7 Å². The van der Waals surface area contributed by atoms with Crippen LogP contribution in [0, 0.1) is 0 Å². The first-order valence-electron chi connectivity index (χ1n) is 5.70. The first-order chi connectivity index (χ1) is 9.09. The standard InChI is InChI=1S/C14H15OPS3/c1-15-11-7-9-12(10-8-11)16(17,18)13-5-3-4-6-14(13)19-2/h3-10H,1-2H3,(H,17,18). The van der Waals surface area contributed by atoms with E-state index >= 15 is 0 Å². The second-order valence-electron chi connectivity index (χ2n) is 3.95. The Morgan fingerprint density at radius 1 is 1.11 bits per heavy atom. The Morgan fingerprint density at radius 3 is 2.32 bits per heavy atom. The molecule has 0 radical (unpaired) electrons. The number of thioether (sulfide) groups is 1. The maximum Gasteiger partial charge on any atom is 0.118 e. The van der Waals surface area contributed by atoms with Gasteiger partial charge < -0.3 is 4.74 Å². The Balaban J connectivity index is 2.48. The number of thiol groups is 1. The fourth-order valence-corrected chi connectivity index (χ4v) is 6.62. The smallest absolute Gasteiger partial charge is 0.118 e. The minimum absolute atomic E-state index is 0.838. The van der Waals surface area contributed by atoms with Gasteiger partial charge in [0.15, 0.2) is 0 Å². The van der Waals surface area contributed by atoms with E-state index in [1.807, 2.05) is 36.4 Å². The van der Waals surface area contributed by atoms with E-state index in [0.717, 1.165) is 16.4 Å². The minimum Gasteiger partial charge on any atom is -0.497 e. The van der Waals surface area contributed by atoms with Crippen LogP contribution in [-0.2, 0) is 11.8 Å². The molecule has 0 aliphatic heterocycles. The second kappa shape index (κ2) is 6.36. The Morgan fingerprint density at radius 2 is 1.74 bits per heavy atom. The third-order valence-corrected chi connectivity index (χ3v) is 8.38. The molecule has 1 unspecified atom stereocenters. The average Bonchev–Trinajstić information content (AvgIpc) is 2.47. The lowest BCUT2D eigenvalue weighted by molar-refractivity contribution is 0.415. The molecule has 19 heavy (non-hydrogen) atoms. The molecular weight excluding hydrogens is 311 g/mol. The van der Waals surface area contributed by atoms with Crippen LogP contribution < -0.4 is 15.3 Å². The molecule has 0 aliphatic rings. The third-order valence-electron chi connectivity index (χ3n) is 2.83. The van der Waals surface area contributed by atoms with E-state index < -0.39 is 5.24 Å². The van der Waals surface area contributed by atoms with Gasteiger partial charge in [0.2, 0.25) is 0 Å². The van der Waals surface area contributed by atoms with E-state index in [1.54, 1.807) is 18.9 Å². The number of ether oxygens (including phenoxy) is 1. The molecule has 0 fully saturated rings. The molecule has 100 valence electrons. The predicted molar refractivity (Wildman–Crippen MR) is 93.8 cm³/mol. The molecule has 0 N–H and O–H groups in total. The van der Waals surface area contributed by atoms with Crippen molar-refractivity contribution in [1.82, 2.24) is 0 Å². The van der Waals surface area contributed by atoms with Gasteiger partial charge in [0.1, 0.15) is 5.75 Å². The Kier molecular flexibility index (Phi) is 5.02. The molecular formula is C14H15OPS3. The highest BCUT2D eigenvalue weighted by molar-refractivity contribution is 8.68. The summed E-state index contributed by atoms with van der Waals surface area (Å²) in [4.78, 5) is 1.21. The molecule has 5 heteroatoms. The van der Waals surface area contributed by atoms with Crippen molar-refractivity contribution in [2.75, 3.05) is 13.4 Å². The normalized spacial score (nSPS) is 13.8. The number of hydrogen-bond donors (Lipinski definition) is 1. The summed E-state index contributed by atoms with van der Waals surface area (Å²) >= 11 is 12.4. The second-order valence-corrected chi connectivity index (χ2v) is 11.2. The lowest BCUT2D eigenvalue weighted by Crippen LogP contribution is -2.13. The summed E-state index contributed by atoms with van der Waals surface area (Å²) in [6, 6.07) is 16.2. The summed E-state index contributed by atoms with van der Waals surface area (Å²) in [5, 5.41) is 0.219. The van der Waals surface area contributed by atoms with Gasteiger partial charge in [0, 0.05) is 10.2 Å². The lowest BCUT2D eigenvalue weighted by atomic mass is 10.3. The zero-order chi connectivity index (χ0) is 13.9. The molecule has 2 rings (SSSR count). The summed E-state index contributed by atoms with van der Waals surface area (Å²) in [6.07, 6.45) is 2.07. The SMILES string of the molecule is COc1ccc(P(=S)(S)c2ccccc2SC)cc1. The van der Waals surface area contributed by atoms with Gasteiger partial charge in [0.05, 0.1) is 12.3 Å². The van der Waals surface area contributed by atoms with Crippen LogP contribution in [0.4, 0.5) is 0 Å². The van der Waals surface area contributed by atoms with Crippen molar-refractivity contribution in [2.45, 2.75) is 4.90 Å². The molecule has 0 bridgehead atoms. The number of hydrogen-bond acceptors (Lipinski definition) is 3. The molecule has 0 amide bonds. The van der Waals surface area contributed by atoms with Crippen molar-refractivity contribution in [2.24, 2.45) is 0 Å². The highest BCUT2D eigenvalue weighted by Gasteiger charge is 2.20. The monoisotopic (exact) mass is 326 g/mol. The molecule has 0 spiro atoms. The van der Waals surface area contributed by atoms with Gasteiger partial charge in [-0.05, 0) is 41.9 Å². The van der Waals surface area contributed by atoms with E-state index in [1.165, 1.54) is 4.90 Å². The van der Waals surface area contributed by atoms with Gasteiger partial charge in [0.25, 0.3) is 0 Å². The molecule has 0 aromatic heterocycles. The maximum atomic E-state index is 5.83. The van der Waals surface area contributed by atoms with E-state index in [-0.39, 0.29) is 0 Å². The van der Waals surface area contributed by atoms with Crippen LogP contribution in [0.2, 0.25) is 0 Å². The maximum absolute atomic E-state index is 5.83. The Labute approximate surface area is 128 Å². The fraction of sp³-hybridized carbons (Fsp3) is 0.143. The van der Waals surface area contributed by atoms with Crippen molar-refractivity contribution in [3.8, 4) is 5.75 Å². The molecule has 2 aromatic carbocycles. The largest absolute Gasteiger partial charge is 0.497 e. The molecule has 2 aromatic rings. The molecule has 1 nitrogen and oxygen atoms in total. The van der Waals surface area contributed by atoms with Gasteiger partial charge in [-0.3, -0.25) is 0 Å². The van der Waals surface area contributed by atoms with Crippen LogP contribution in [0.15, 0.2) is 53.4 Å². The van der Waals surface area contributed by atoms with Gasteiger partial charge in [-0.15, -0.1) is 24.0 Å². The summed E-state index contributed by atoms with van der Waals surface area (Å²) in [5.74, 6) is 0.838. The zero-order valence-corrected chi connectivity index (χ0v) is 14.2. The fourth-order valence-electron chi connectivity index (χ4n) is 1.80. The minimum atomic E-state index is -2.03. The van der Waals surface area contributed by atoms with Crippen molar-refractivity contribution in [3.63, 3.8) is 0 Å². The van der Waals surface area contributed by atoms with Crippen LogP contribution in [0.25, 0.3) is 0 Å². The third kappa shape index (κ3) is 3.19. The first-order valence-corrected chi connectivity index (χ1v) is 10.9. The van der Waals surface area contributed by atoms with Crippen molar-refractivity contribution in [1.29, 1.82) is 0 Å². The van der Waals surface area contributed by atoms with E-state index in [0.29, 0.717) is 0 Å². The lowest BCUT2D eigenvalue weighted by Gasteiger charge is -2.19. The Bertz CT molecular complexity index is 610. The predicted octanol–water partition coefficient (Wildman–Crippen LogP) is 3.69. The molecule has 1 atom stereocenters. The summed E-state index contributed by atoms with van der Waals surface area (Å²) in [7, 11) is 1.66. The highest BCUT2D eigenvalue weighted by Crippen LogP contribution is 2.50. The topological polar surface area (TPSA) is 9.23 Å². The number of benzene rings is 2. The summed E-state index contributed by atoms with van der Waals surface area (Å²) in [5.41, 5.74) is 0. The van der Waals surface area contributed by atoms with Crippen molar-refractivity contribution in [3.05, 3.63) is 48.5 Å². The van der Waals surface area contributed by atoms with Gasteiger partial charge in [-0.25, -0.2) is 0 Å². The van der Waals surface area contributed by atoms with E-state index in [4.69, 9.17) is 28.8 Å². The summed E-state index contributed by atoms with van der Waals surface area (Å²) < 4.78 is 5.18. The van der Waals surface area contributed by atoms with E-state index in [2.05, 4.69) is 18.4 Å². The number of rotatable bonds is 4. The molecule has 0 aliphatic carbocycles. The van der Waals surface area contributed by atoms with Gasteiger partial charge >= 0.3 is 0 Å². The van der Waals surface area contributed by atoms with Crippen LogP contribution in [0.1, 0.15) is 0 Å². The van der Waals surface area contributed by atoms with Gasteiger partial charge in [-0.2, -0.15) is 0 Å².